The van der Waals surface area contributed by atoms with Gasteiger partial charge in [-0.2, -0.15) is 4.39 Å². The molecule has 3 aliphatic rings. The monoisotopic (exact) mass is 452 g/mol. The van der Waals surface area contributed by atoms with Crippen molar-refractivity contribution in [3.05, 3.63) is 29.3 Å². The van der Waals surface area contributed by atoms with Crippen LogP contribution in [0.4, 0.5) is 8.78 Å². The molecule has 4 nitrogen and oxygen atoms in total. The highest BCUT2D eigenvalue weighted by Gasteiger charge is 2.37. The largest absolute Gasteiger partial charge is 0.491 e. The van der Waals surface area contributed by atoms with E-state index in [4.69, 9.17) is 18.9 Å². The second-order valence-corrected chi connectivity index (χ2v) is 9.72. The summed E-state index contributed by atoms with van der Waals surface area (Å²) < 4.78 is 52.1. The van der Waals surface area contributed by atoms with Gasteiger partial charge in [-0.25, -0.2) is 4.39 Å². The Morgan fingerprint density at radius 1 is 0.844 bits per heavy atom. The van der Waals surface area contributed by atoms with Gasteiger partial charge in [0, 0.05) is 11.8 Å². The average Bonchev–Trinajstić information content (AvgIpc) is 2.83. The van der Waals surface area contributed by atoms with Gasteiger partial charge in [-0.15, -0.1) is 0 Å². The van der Waals surface area contributed by atoms with Gasteiger partial charge in [0.05, 0.1) is 26.4 Å². The van der Waals surface area contributed by atoms with Crippen molar-refractivity contribution in [2.45, 2.75) is 83.5 Å². The number of rotatable bonds is 7. The quantitative estimate of drug-likeness (QED) is 0.492. The molecular weight excluding hydrogens is 414 g/mol. The van der Waals surface area contributed by atoms with Gasteiger partial charge in [0.15, 0.2) is 17.9 Å². The molecule has 3 fully saturated rings. The van der Waals surface area contributed by atoms with Crippen molar-refractivity contribution < 1.29 is 27.7 Å². The van der Waals surface area contributed by atoms with Crippen molar-refractivity contribution in [2.24, 2.45) is 17.8 Å². The van der Waals surface area contributed by atoms with E-state index in [2.05, 4.69) is 6.92 Å². The van der Waals surface area contributed by atoms with Crippen molar-refractivity contribution in [1.29, 1.82) is 0 Å². The minimum atomic E-state index is -0.916. The van der Waals surface area contributed by atoms with E-state index in [9.17, 15) is 8.78 Å². The Kier molecular flexibility index (Phi) is 8.41. The standard InChI is InChI=1S/C26H38F2O4/c1-3-5-17-6-8-18(9-7-17)20-15-31-26(32-16-20)23-12-10-19(14-30-23)21-11-13-22(29-4-2)25(28)24(21)27/h11,13,17-20,23,26H,3-10,12,14-16H2,1-2H3. The summed E-state index contributed by atoms with van der Waals surface area (Å²) in [6.07, 6.45) is 8.82. The molecule has 1 aromatic rings. The normalized spacial score (nSPS) is 33.8. The molecule has 6 heteroatoms. The zero-order valence-corrected chi connectivity index (χ0v) is 19.5. The van der Waals surface area contributed by atoms with Gasteiger partial charge in [-0.3, -0.25) is 0 Å². The van der Waals surface area contributed by atoms with E-state index in [1.807, 2.05) is 0 Å². The molecule has 0 N–H and O–H groups in total. The summed E-state index contributed by atoms with van der Waals surface area (Å²) in [7, 11) is 0. The Hall–Kier alpha value is -1.24. The van der Waals surface area contributed by atoms with Crippen molar-refractivity contribution in [2.75, 3.05) is 26.4 Å². The second kappa shape index (κ2) is 11.3. The Morgan fingerprint density at radius 2 is 1.59 bits per heavy atom. The molecule has 2 saturated heterocycles. The lowest BCUT2D eigenvalue weighted by molar-refractivity contribution is -0.261. The molecule has 0 spiro atoms. The fourth-order valence-electron chi connectivity index (χ4n) is 5.74. The number of hydrogen-bond donors (Lipinski definition) is 0. The smallest absolute Gasteiger partial charge is 0.200 e. The second-order valence-electron chi connectivity index (χ2n) is 9.72. The van der Waals surface area contributed by atoms with Crippen molar-refractivity contribution in [1.82, 2.24) is 0 Å². The topological polar surface area (TPSA) is 36.9 Å². The van der Waals surface area contributed by atoms with Crippen LogP contribution >= 0.6 is 0 Å². The fourth-order valence-corrected chi connectivity index (χ4v) is 5.74. The third-order valence-corrected chi connectivity index (χ3v) is 7.64. The minimum absolute atomic E-state index is 0.0410. The number of ether oxygens (including phenoxy) is 4. The predicted molar refractivity (Wildman–Crippen MR) is 119 cm³/mol. The zero-order chi connectivity index (χ0) is 22.5. The highest BCUT2D eigenvalue weighted by molar-refractivity contribution is 5.33. The zero-order valence-electron chi connectivity index (χ0n) is 19.5. The van der Waals surface area contributed by atoms with Crippen LogP contribution in [0.15, 0.2) is 12.1 Å². The molecule has 2 atom stereocenters. The molecule has 4 rings (SSSR count). The first-order valence-corrected chi connectivity index (χ1v) is 12.6. The molecule has 0 aromatic heterocycles. The summed E-state index contributed by atoms with van der Waals surface area (Å²) in [6, 6.07) is 3.12. The van der Waals surface area contributed by atoms with E-state index in [1.54, 1.807) is 13.0 Å². The first kappa shape index (κ1) is 23.9. The highest BCUT2D eigenvalue weighted by Crippen LogP contribution is 2.39. The molecule has 1 aromatic carbocycles. The van der Waals surface area contributed by atoms with Crippen LogP contribution in [0.5, 0.6) is 5.75 Å². The van der Waals surface area contributed by atoms with Crippen LogP contribution < -0.4 is 4.74 Å². The first-order valence-electron chi connectivity index (χ1n) is 12.6. The van der Waals surface area contributed by atoms with E-state index < -0.39 is 11.6 Å². The molecule has 1 saturated carbocycles. The van der Waals surface area contributed by atoms with E-state index in [0.717, 1.165) is 19.1 Å². The Bertz CT molecular complexity index is 719. The van der Waals surface area contributed by atoms with Crippen molar-refractivity contribution in [3.63, 3.8) is 0 Å². The maximum Gasteiger partial charge on any atom is 0.200 e. The summed E-state index contributed by atoms with van der Waals surface area (Å²) in [5, 5.41) is 0. The van der Waals surface area contributed by atoms with Crippen LogP contribution in [0, 0.1) is 29.4 Å². The predicted octanol–water partition coefficient (Wildman–Crippen LogP) is 6.22. The van der Waals surface area contributed by atoms with Crippen LogP contribution in [0.3, 0.4) is 0 Å². The Balaban J connectivity index is 1.23. The maximum atomic E-state index is 14.5. The van der Waals surface area contributed by atoms with Gasteiger partial charge in [-0.1, -0.05) is 38.7 Å². The number of hydrogen-bond acceptors (Lipinski definition) is 4. The lowest BCUT2D eigenvalue weighted by Gasteiger charge is -2.41. The number of halogens is 2. The van der Waals surface area contributed by atoms with Gasteiger partial charge < -0.3 is 18.9 Å². The van der Waals surface area contributed by atoms with E-state index in [0.29, 0.717) is 43.5 Å². The molecule has 32 heavy (non-hydrogen) atoms. The Morgan fingerprint density at radius 3 is 2.22 bits per heavy atom. The van der Waals surface area contributed by atoms with Gasteiger partial charge in [0.2, 0.25) is 5.82 Å². The summed E-state index contributed by atoms with van der Waals surface area (Å²) in [5.41, 5.74) is 0.355. The lowest BCUT2D eigenvalue weighted by Crippen LogP contribution is -2.45. The molecule has 180 valence electrons. The van der Waals surface area contributed by atoms with Crippen LogP contribution in [-0.4, -0.2) is 38.8 Å². The van der Waals surface area contributed by atoms with Gasteiger partial charge in [0.25, 0.3) is 0 Å². The molecule has 2 unspecified atom stereocenters. The van der Waals surface area contributed by atoms with Crippen LogP contribution in [0.1, 0.15) is 76.7 Å². The minimum Gasteiger partial charge on any atom is -0.491 e. The molecule has 0 bridgehead atoms. The Labute approximate surface area is 190 Å². The summed E-state index contributed by atoms with van der Waals surface area (Å²) in [4.78, 5) is 0. The third-order valence-electron chi connectivity index (χ3n) is 7.64. The van der Waals surface area contributed by atoms with E-state index >= 15 is 0 Å². The molecule has 2 heterocycles. The summed E-state index contributed by atoms with van der Waals surface area (Å²) >= 11 is 0. The van der Waals surface area contributed by atoms with E-state index in [-0.39, 0.29) is 24.1 Å². The molecule has 2 aliphatic heterocycles. The molecule has 1 aliphatic carbocycles. The summed E-state index contributed by atoms with van der Waals surface area (Å²) in [6.45, 7) is 6.12. The lowest BCUT2D eigenvalue weighted by atomic mass is 9.75. The maximum absolute atomic E-state index is 14.5. The molecular formula is C26H38F2O4. The molecule has 0 amide bonds. The van der Waals surface area contributed by atoms with Crippen molar-refractivity contribution >= 4 is 0 Å². The van der Waals surface area contributed by atoms with E-state index in [1.165, 1.54) is 44.6 Å². The fraction of sp³-hybridized carbons (Fsp3) is 0.769. The van der Waals surface area contributed by atoms with Gasteiger partial charge in [-0.05, 0) is 56.1 Å². The van der Waals surface area contributed by atoms with Crippen LogP contribution in [0.25, 0.3) is 0 Å². The third kappa shape index (κ3) is 5.45. The number of benzene rings is 1. The highest BCUT2D eigenvalue weighted by atomic mass is 19.2. The van der Waals surface area contributed by atoms with Crippen LogP contribution in [0.2, 0.25) is 0 Å². The first-order chi connectivity index (χ1) is 15.6. The van der Waals surface area contributed by atoms with Gasteiger partial charge in [0.1, 0.15) is 6.10 Å². The summed E-state index contributed by atoms with van der Waals surface area (Å²) in [5.74, 6) is 0.132. The average molecular weight is 453 g/mol. The van der Waals surface area contributed by atoms with Crippen LogP contribution in [-0.2, 0) is 14.2 Å². The molecule has 0 radical (unpaired) electrons. The van der Waals surface area contributed by atoms with Gasteiger partial charge >= 0.3 is 0 Å². The SMILES string of the molecule is CCCC1CCC(C2COC(C3CCC(c4ccc(OCC)c(F)c4F)CO3)OC2)CC1. The van der Waals surface area contributed by atoms with Crippen molar-refractivity contribution in [3.8, 4) is 5.75 Å².